The molecule has 4 nitrogen and oxygen atoms in total. The highest BCUT2D eigenvalue weighted by atomic mass is 35.5. The highest BCUT2D eigenvalue weighted by Crippen LogP contribution is 2.33. The lowest BCUT2D eigenvalue weighted by molar-refractivity contribution is -0.137. The van der Waals surface area contributed by atoms with Gasteiger partial charge in [0, 0.05) is 23.8 Å². The van der Waals surface area contributed by atoms with Gasteiger partial charge >= 0.3 is 6.18 Å². The van der Waals surface area contributed by atoms with Crippen molar-refractivity contribution >= 4 is 29.0 Å². The molecule has 0 aliphatic heterocycles. The number of amides is 1. The predicted octanol–water partition coefficient (Wildman–Crippen LogP) is 5.28. The van der Waals surface area contributed by atoms with E-state index in [0.717, 1.165) is 30.7 Å². The second-order valence-corrected chi connectivity index (χ2v) is 6.71. The fourth-order valence-corrected chi connectivity index (χ4v) is 2.65. The number of alkyl halides is 3. The van der Waals surface area contributed by atoms with Crippen molar-refractivity contribution in [1.82, 2.24) is 4.98 Å². The molecule has 0 radical (unpaired) electrons. The van der Waals surface area contributed by atoms with Gasteiger partial charge in [-0.05, 0) is 43.5 Å². The summed E-state index contributed by atoms with van der Waals surface area (Å²) < 4.78 is 38.0. The number of nitrogens with one attached hydrogen (secondary N) is 2. The van der Waals surface area contributed by atoms with Gasteiger partial charge in [-0.3, -0.25) is 4.79 Å². The van der Waals surface area contributed by atoms with Gasteiger partial charge in [0.15, 0.2) is 0 Å². The number of hydrogen-bond acceptors (Lipinski definition) is 3. The summed E-state index contributed by atoms with van der Waals surface area (Å²) in [7, 11) is 0. The van der Waals surface area contributed by atoms with Crippen LogP contribution in [0, 0.1) is 5.92 Å². The number of nitrogens with zero attached hydrogens (tertiary/aromatic N) is 1. The van der Waals surface area contributed by atoms with E-state index in [4.69, 9.17) is 11.6 Å². The van der Waals surface area contributed by atoms with Crippen LogP contribution >= 0.6 is 11.6 Å². The number of rotatable bonds is 5. The van der Waals surface area contributed by atoms with Crippen molar-refractivity contribution in [3.63, 3.8) is 0 Å². The molecule has 0 bridgehead atoms. The minimum absolute atomic E-state index is 0.0321. The topological polar surface area (TPSA) is 54.0 Å². The first-order valence-electron chi connectivity index (χ1n) is 8.14. The molecule has 0 spiro atoms. The van der Waals surface area contributed by atoms with Crippen LogP contribution in [0.3, 0.4) is 0 Å². The Morgan fingerprint density at radius 1 is 1.27 bits per heavy atom. The Hall–Kier alpha value is -2.28. The van der Waals surface area contributed by atoms with Gasteiger partial charge in [-0.15, -0.1) is 0 Å². The van der Waals surface area contributed by atoms with Crippen molar-refractivity contribution < 1.29 is 18.0 Å². The van der Waals surface area contributed by atoms with Gasteiger partial charge in [-0.25, -0.2) is 4.98 Å². The zero-order chi connectivity index (χ0) is 18.9. The Kier molecular flexibility index (Phi) is 5.09. The molecule has 26 heavy (non-hydrogen) atoms. The molecule has 1 unspecified atom stereocenters. The predicted molar refractivity (Wildman–Crippen MR) is 94.1 cm³/mol. The third-order valence-electron chi connectivity index (χ3n) is 4.15. The summed E-state index contributed by atoms with van der Waals surface area (Å²) in [5.41, 5.74) is 0.701. The van der Waals surface area contributed by atoms with Crippen molar-refractivity contribution in [3.05, 3.63) is 52.7 Å². The molecule has 1 aliphatic rings. The molecule has 0 saturated heterocycles. The Balaban J connectivity index is 1.65. The summed E-state index contributed by atoms with van der Waals surface area (Å²) in [5.74, 6) is 0.339. The maximum atomic E-state index is 12.7. The van der Waals surface area contributed by atoms with Gasteiger partial charge in [0.25, 0.3) is 0 Å². The van der Waals surface area contributed by atoms with E-state index in [2.05, 4.69) is 15.6 Å². The number of aromatic nitrogens is 1. The van der Waals surface area contributed by atoms with E-state index in [-0.39, 0.29) is 28.7 Å². The Labute approximate surface area is 153 Å². The number of pyridine rings is 1. The normalized spacial score (nSPS) is 15.4. The van der Waals surface area contributed by atoms with E-state index in [1.165, 1.54) is 0 Å². The van der Waals surface area contributed by atoms with Crippen LogP contribution in [-0.4, -0.2) is 10.9 Å². The van der Waals surface area contributed by atoms with Crippen LogP contribution in [-0.2, 0) is 11.0 Å². The first-order valence-corrected chi connectivity index (χ1v) is 8.52. The number of hydrogen-bond donors (Lipinski definition) is 2. The van der Waals surface area contributed by atoms with Gasteiger partial charge in [0.2, 0.25) is 5.91 Å². The van der Waals surface area contributed by atoms with Crippen LogP contribution in [0.25, 0.3) is 0 Å². The van der Waals surface area contributed by atoms with Gasteiger partial charge in [-0.2, -0.15) is 13.2 Å². The fraction of sp³-hybridized carbons (Fsp3) is 0.333. The van der Waals surface area contributed by atoms with Gasteiger partial charge in [-0.1, -0.05) is 23.7 Å². The molecule has 2 aromatic rings. The van der Waals surface area contributed by atoms with Crippen molar-refractivity contribution in [3.8, 4) is 0 Å². The Morgan fingerprint density at radius 2 is 1.92 bits per heavy atom. The Morgan fingerprint density at radius 3 is 2.46 bits per heavy atom. The molecule has 1 heterocycles. The highest BCUT2D eigenvalue weighted by Gasteiger charge is 2.32. The van der Waals surface area contributed by atoms with Crippen molar-refractivity contribution in [2.24, 2.45) is 5.92 Å². The smallest absolute Gasteiger partial charge is 0.362 e. The molecular formula is C18H17ClF3N3O. The molecule has 1 aromatic carbocycles. The fourth-order valence-electron chi connectivity index (χ4n) is 2.43. The van der Waals surface area contributed by atoms with Gasteiger partial charge in [0.05, 0.1) is 10.6 Å². The summed E-state index contributed by atoms with van der Waals surface area (Å²) in [4.78, 5) is 15.5. The van der Waals surface area contributed by atoms with E-state index in [0.29, 0.717) is 5.69 Å². The van der Waals surface area contributed by atoms with Crippen LogP contribution in [0.4, 0.5) is 24.7 Å². The lowest BCUT2D eigenvalue weighted by Gasteiger charge is -2.17. The number of carbonyl (C=O) groups excluding carboxylic acids is 1. The summed E-state index contributed by atoms with van der Waals surface area (Å²) in [6, 6.07) is 7.85. The Bertz CT molecular complexity index is 804. The molecule has 1 aromatic heterocycles. The summed E-state index contributed by atoms with van der Waals surface area (Å²) in [6.45, 7) is 1.84. The monoisotopic (exact) mass is 383 g/mol. The lowest BCUT2D eigenvalue weighted by Crippen LogP contribution is -2.13. The van der Waals surface area contributed by atoms with Crippen molar-refractivity contribution in [1.29, 1.82) is 0 Å². The third-order valence-corrected chi connectivity index (χ3v) is 4.44. The minimum atomic E-state index is -4.48. The van der Waals surface area contributed by atoms with Gasteiger partial charge < -0.3 is 10.6 Å². The zero-order valence-electron chi connectivity index (χ0n) is 13.9. The molecule has 1 aliphatic carbocycles. The van der Waals surface area contributed by atoms with E-state index in [9.17, 15) is 18.0 Å². The highest BCUT2D eigenvalue weighted by molar-refractivity contribution is 6.33. The zero-order valence-corrected chi connectivity index (χ0v) is 14.7. The van der Waals surface area contributed by atoms with Crippen LogP contribution < -0.4 is 10.6 Å². The van der Waals surface area contributed by atoms with E-state index in [1.54, 1.807) is 12.1 Å². The van der Waals surface area contributed by atoms with Crippen molar-refractivity contribution in [2.75, 3.05) is 10.6 Å². The maximum Gasteiger partial charge on any atom is 0.417 e. The van der Waals surface area contributed by atoms with Crippen LogP contribution in [0.15, 0.2) is 36.5 Å². The molecule has 1 amide bonds. The number of benzene rings is 1. The molecule has 1 saturated carbocycles. The molecular weight excluding hydrogens is 367 g/mol. The molecule has 2 N–H and O–H groups in total. The van der Waals surface area contributed by atoms with E-state index < -0.39 is 11.7 Å². The summed E-state index contributed by atoms with van der Waals surface area (Å²) >= 11 is 5.91. The summed E-state index contributed by atoms with van der Waals surface area (Å²) in [5, 5.41) is 5.75. The second-order valence-electron chi connectivity index (χ2n) is 6.30. The van der Waals surface area contributed by atoms with Crippen LogP contribution in [0.1, 0.15) is 36.9 Å². The molecule has 1 fully saturated rings. The second kappa shape index (κ2) is 7.15. The number of carbonyl (C=O) groups is 1. The van der Waals surface area contributed by atoms with Crippen LogP contribution in [0.5, 0.6) is 0 Å². The number of halogens is 4. The summed E-state index contributed by atoms with van der Waals surface area (Å²) in [6.07, 6.45) is -1.86. The van der Waals surface area contributed by atoms with E-state index in [1.807, 2.05) is 19.1 Å². The maximum absolute atomic E-state index is 12.7. The lowest BCUT2D eigenvalue weighted by atomic mass is 10.1. The van der Waals surface area contributed by atoms with E-state index >= 15 is 0 Å². The van der Waals surface area contributed by atoms with Gasteiger partial charge in [0.1, 0.15) is 5.82 Å². The SMILES string of the molecule is CC(Nc1ncc(C(F)(F)F)cc1Cl)c1ccc(NC(=O)C2CC2)cc1. The average molecular weight is 384 g/mol. The standard InChI is InChI=1S/C18H17ClF3N3O/c1-10(24-16-15(19)8-13(9-23-16)18(20,21)22)11-4-6-14(7-5-11)25-17(26)12-2-3-12/h4-10,12H,2-3H2,1H3,(H,23,24)(H,25,26). The van der Waals surface area contributed by atoms with Crippen molar-refractivity contribution in [2.45, 2.75) is 32.0 Å². The first-order chi connectivity index (χ1) is 12.2. The minimum Gasteiger partial charge on any atom is -0.362 e. The number of anilines is 2. The first kappa shape index (κ1) is 18.5. The molecule has 1 atom stereocenters. The molecule has 3 rings (SSSR count). The quantitative estimate of drug-likeness (QED) is 0.739. The average Bonchev–Trinajstić information content (AvgIpc) is 3.41. The molecule has 138 valence electrons. The van der Waals surface area contributed by atoms with Crippen LogP contribution in [0.2, 0.25) is 5.02 Å². The third kappa shape index (κ3) is 4.46. The molecule has 8 heteroatoms. The largest absolute Gasteiger partial charge is 0.417 e.